The van der Waals surface area contributed by atoms with Crippen molar-refractivity contribution in [2.45, 2.75) is 78.6 Å². The molecule has 0 saturated heterocycles. The molecule has 1 radical (unpaired) electrons. The van der Waals surface area contributed by atoms with Crippen LogP contribution in [-0.2, 0) is 19.3 Å². The lowest BCUT2D eigenvalue weighted by molar-refractivity contribution is 0.796. The van der Waals surface area contributed by atoms with Crippen LogP contribution in [0.3, 0.4) is 0 Å². The number of hydrogen-bond donors (Lipinski definition) is 0. The maximum Gasteiger partial charge on any atom is 0.155 e. The van der Waals surface area contributed by atoms with Gasteiger partial charge in [-0.05, 0) is 70.8 Å². The molecule has 0 atom stereocenters. The lowest BCUT2D eigenvalue weighted by Gasteiger charge is -2.25. The predicted molar refractivity (Wildman–Crippen MR) is 140 cm³/mol. The van der Waals surface area contributed by atoms with E-state index in [1.165, 1.54) is 57.8 Å². The molecule has 3 rings (SSSR count). The molecule has 0 N–H and O–H groups in total. The summed E-state index contributed by atoms with van der Waals surface area (Å²) < 4.78 is 0. The minimum absolute atomic E-state index is 1.06. The Morgan fingerprint density at radius 2 is 0.742 bits per heavy atom. The number of benzene rings is 3. The van der Waals surface area contributed by atoms with Gasteiger partial charge in [-0.1, -0.05) is 113 Å². The molecule has 0 aliphatic rings. The molecule has 0 aliphatic heterocycles. The molecule has 1 heteroatoms. The quantitative estimate of drug-likeness (QED) is 0.237. The first-order valence-corrected chi connectivity index (χ1v) is 13.9. The summed E-state index contributed by atoms with van der Waals surface area (Å²) in [5.74, 6) is 0. The van der Waals surface area contributed by atoms with Crippen LogP contribution >= 0.6 is 0 Å². The van der Waals surface area contributed by atoms with Gasteiger partial charge < -0.3 is 0 Å². The molecule has 3 aromatic carbocycles. The van der Waals surface area contributed by atoms with E-state index < -0.39 is 8.80 Å². The zero-order valence-electron chi connectivity index (χ0n) is 19.8. The fourth-order valence-electron chi connectivity index (χ4n) is 4.48. The molecular formula is C30H39Si. The summed E-state index contributed by atoms with van der Waals surface area (Å²) in [4.78, 5) is 0. The molecule has 0 bridgehead atoms. The molecule has 0 fully saturated rings. The normalized spacial score (nSPS) is 11.2. The second-order valence-corrected chi connectivity index (χ2v) is 11.0. The average molecular weight is 428 g/mol. The number of rotatable bonds is 12. The molecular weight excluding hydrogens is 388 g/mol. The SMILES string of the molecule is CCCCc1ccccc1[Si](c1ccccc1CCCC)c1ccccc1CCCC. The highest BCUT2D eigenvalue weighted by Gasteiger charge is 2.26. The van der Waals surface area contributed by atoms with Gasteiger partial charge in [0, 0.05) is 0 Å². The van der Waals surface area contributed by atoms with Crippen molar-refractivity contribution < 1.29 is 0 Å². The second kappa shape index (κ2) is 12.7. The molecule has 31 heavy (non-hydrogen) atoms. The van der Waals surface area contributed by atoms with Crippen LogP contribution in [-0.4, -0.2) is 8.80 Å². The van der Waals surface area contributed by atoms with Crippen molar-refractivity contribution in [3.05, 3.63) is 89.5 Å². The molecule has 0 unspecified atom stereocenters. The minimum atomic E-state index is -1.06. The van der Waals surface area contributed by atoms with E-state index >= 15 is 0 Å². The smallest absolute Gasteiger partial charge is 0.0654 e. The van der Waals surface area contributed by atoms with Crippen molar-refractivity contribution in [2.24, 2.45) is 0 Å². The highest BCUT2D eigenvalue weighted by molar-refractivity contribution is 6.96. The van der Waals surface area contributed by atoms with Crippen LogP contribution in [0.5, 0.6) is 0 Å². The van der Waals surface area contributed by atoms with E-state index in [1.807, 2.05) is 0 Å². The second-order valence-electron chi connectivity index (χ2n) is 8.66. The van der Waals surface area contributed by atoms with Gasteiger partial charge in [0.2, 0.25) is 0 Å². The Balaban J connectivity index is 2.18. The summed E-state index contributed by atoms with van der Waals surface area (Å²) in [5, 5.41) is 4.82. The third-order valence-electron chi connectivity index (χ3n) is 6.26. The van der Waals surface area contributed by atoms with Gasteiger partial charge in [0.05, 0.1) is 0 Å². The van der Waals surface area contributed by atoms with Crippen molar-refractivity contribution >= 4 is 24.4 Å². The van der Waals surface area contributed by atoms with Gasteiger partial charge in [0.25, 0.3) is 0 Å². The van der Waals surface area contributed by atoms with E-state index in [9.17, 15) is 0 Å². The first-order valence-electron chi connectivity index (χ1n) is 12.4. The van der Waals surface area contributed by atoms with Gasteiger partial charge in [-0.25, -0.2) is 0 Å². The minimum Gasteiger partial charge on any atom is -0.0654 e. The van der Waals surface area contributed by atoms with E-state index in [-0.39, 0.29) is 0 Å². The highest BCUT2D eigenvalue weighted by Crippen LogP contribution is 2.12. The lowest BCUT2D eigenvalue weighted by Crippen LogP contribution is -2.55. The summed E-state index contributed by atoms with van der Waals surface area (Å²) >= 11 is 0. The first-order chi connectivity index (χ1) is 15.3. The molecule has 3 aromatic rings. The maximum absolute atomic E-state index is 2.44. The van der Waals surface area contributed by atoms with Gasteiger partial charge in [-0.15, -0.1) is 0 Å². The molecule has 0 spiro atoms. The summed E-state index contributed by atoms with van der Waals surface area (Å²) in [6.07, 6.45) is 11.1. The molecule has 0 aromatic heterocycles. The monoisotopic (exact) mass is 427 g/mol. The first kappa shape index (κ1) is 23.5. The predicted octanol–water partition coefficient (Wildman–Crippen LogP) is 6.23. The maximum atomic E-state index is 2.44. The highest BCUT2D eigenvalue weighted by atomic mass is 28.3. The molecule has 0 saturated carbocycles. The zero-order valence-corrected chi connectivity index (χ0v) is 20.8. The van der Waals surface area contributed by atoms with Crippen molar-refractivity contribution in [3.63, 3.8) is 0 Å². The van der Waals surface area contributed by atoms with Gasteiger partial charge in [-0.2, -0.15) is 0 Å². The van der Waals surface area contributed by atoms with E-state index in [2.05, 4.69) is 93.6 Å². The van der Waals surface area contributed by atoms with E-state index in [4.69, 9.17) is 0 Å². The fraction of sp³-hybridized carbons (Fsp3) is 0.400. The Hall–Kier alpha value is -2.12. The summed E-state index contributed by atoms with van der Waals surface area (Å²) in [6.45, 7) is 6.90. The Labute approximate surface area is 192 Å². The molecule has 0 nitrogen and oxygen atoms in total. The lowest BCUT2D eigenvalue weighted by atomic mass is 10.1. The van der Waals surface area contributed by atoms with Crippen molar-refractivity contribution in [1.82, 2.24) is 0 Å². The Bertz CT molecular complexity index is 805. The van der Waals surface area contributed by atoms with Gasteiger partial charge in [0.1, 0.15) is 0 Å². The van der Waals surface area contributed by atoms with Crippen LogP contribution in [0.25, 0.3) is 0 Å². The molecule has 0 amide bonds. The Kier molecular flexibility index (Phi) is 9.62. The van der Waals surface area contributed by atoms with Crippen LogP contribution in [0.1, 0.15) is 76.0 Å². The van der Waals surface area contributed by atoms with Gasteiger partial charge >= 0.3 is 0 Å². The molecule has 0 aliphatic carbocycles. The fourth-order valence-corrected chi connectivity index (χ4v) is 7.73. The largest absolute Gasteiger partial charge is 0.155 e. The van der Waals surface area contributed by atoms with Gasteiger partial charge in [-0.3, -0.25) is 0 Å². The van der Waals surface area contributed by atoms with Crippen LogP contribution in [0.2, 0.25) is 0 Å². The third kappa shape index (κ3) is 6.20. The average Bonchev–Trinajstić information content (AvgIpc) is 2.82. The van der Waals surface area contributed by atoms with E-state index in [0.29, 0.717) is 0 Å². The summed E-state index contributed by atoms with van der Waals surface area (Å²) in [5.41, 5.74) is 4.69. The van der Waals surface area contributed by atoms with Crippen LogP contribution in [0, 0.1) is 0 Å². The van der Waals surface area contributed by atoms with Crippen LogP contribution in [0.4, 0.5) is 0 Å². The Morgan fingerprint density at radius 3 is 1.03 bits per heavy atom. The van der Waals surface area contributed by atoms with Crippen molar-refractivity contribution in [2.75, 3.05) is 0 Å². The number of unbranched alkanes of at least 4 members (excludes halogenated alkanes) is 3. The molecule has 163 valence electrons. The van der Waals surface area contributed by atoms with E-state index in [1.54, 1.807) is 32.3 Å². The van der Waals surface area contributed by atoms with E-state index in [0.717, 1.165) is 0 Å². The van der Waals surface area contributed by atoms with Gasteiger partial charge in [0.15, 0.2) is 8.80 Å². The standard InChI is InChI=1S/C30H39Si/c1-4-7-16-25-19-10-13-22-28(25)31(29-23-14-11-20-26(29)17-8-5-2)30-24-15-12-21-27(30)18-9-6-3/h10-15,19-24H,4-9,16-18H2,1-3H3. The number of hydrogen-bond acceptors (Lipinski definition) is 0. The van der Waals surface area contributed by atoms with Crippen LogP contribution in [0.15, 0.2) is 72.8 Å². The van der Waals surface area contributed by atoms with Crippen molar-refractivity contribution in [3.8, 4) is 0 Å². The third-order valence-corrected chi connectivity index (χ3v) is 9.34. The number of aryl methyl sites for hydroxylation is 3. The topological polar surface area (TPSA) is 0 Å². The summed E-state index contributed by atoms with van der Waals surface area (Å²) in [6, 6.07) is 28.0. The molecule has 0 heterocycles. The van der Waals surface area contributed by atoms with Crippen LogP contribution < -0.4 is 15.6 Å². The van der Waals surface area contributed by atoms with Crippen molar-refractivity contribution in [1.29, 1.82) is 0 Å². The zero-order chi connectivity index (χ0) is 21.9. The summed E-state index contributed by atoms with van der Waals surface area (Å²) in [7, 11) is -1.06. The Morgan fingerprint density at radius 1 is 0.452 bits per heavy atom.